The maximum atomic E-state index is 12.9. The number of hydrogen-bond donors (Lipinski definition) is 1. The predicted molar refractivity (Wildman–Crippen MR) is 135 cm³/mol. The molecule has 1 aliphatic heterocycles. The second-order valence-electron chi connectivity index (χ2n) is 10.0. The quantitative estimate of drug-likeness (QED) is 0.341. The first kappa shape index (κ1) is 25.8. The van der Waals surface area contributed by atoms with Crippen LogP contribution >= 0.6 is 11.6 Å². The number of carbonyl (C=O) groups excluding carboxylic acids is 3. The van der Waals surface area contributed by atoms with Crippen molar-refractivity contribution in [3.05, 3.63) is 59.7 Å². The number of fused-ring (bicyclic) bond motifs is 3. The summed E-state index contributed by atoms with van der Waals surface area (Å²) in [5.41, 5.74) is 2.44. The topological polar surface area (TPSA) is 94.2 Å². The van der Waals surface area contributed by atoms with E-state index in [9.17, 15) is 14.4 Å². The Bertz CT molecular complexity index is 1090. The van der Waals surface area contributed by atoms with Crippen LogP contribution in [0.1, 0.15) is 50.7 Å². The number of hydrogen-bond acceptors (Lipinski definition) is 6. The fourth-order valence-corrected chi connectivity index (χ4v) is 4.89. The third-order valence-electron chi connectivity index (χ3n) is 6.53. The number of rotatable bonds is 5. The maximum absolute atomic E-state index is 12.9. The largest absolute Gasteiger partial charge is 0.449 e. The molecule has 9 heteroatoms. The smallest absolute Gasteiger partial charge is 0.410 e. The number of alkyl halides is 1. The van der Waals surface area contributed by atoms with Crippen molar-refractivity contribution in [1.29, 1.82) is 0 Å². The second kappa shape index (κ2) is 10.4. The molecule has 1 saturated heterocycles. The van der Waals surface area contributed by atoms with E-state index >= 15 is 0 Å². The molecule has 1 heterocycles. The lowest BCUT2D eigenvalue weighted by Crippen LogP contribution is -2.61. The summed E-state index contributed by atoms with van der Waals surface area (Å²) in [6.07, 6.45) is -0.907. The van der Waals surface area contributed by atoms with Gasteiger partial charge in [-0.25, -0.2) is 14.4 Å². The van der Waals surface area contributed by atoms with Crippen molar-refractivity contribution in [2.75, 3.05) is 25.8 Å². The van der Waals surface area contributed by atoms with Crippen molar-refractivity contribution >= 4 is 29.8 Å². The van der Waals surface area contributed by atoms with E-state index in [4.69, 9.17) is 25.8 Å². The van der Waals surface area contributed by atoms with Gasteiger partial charge in [0.2, 0.25) is 0 Å². The molecule has 2 aliphatic rings. The summed E-state index contributed by atoms with van der Waals surface area (Å²) in [6, 6.07) is 15.8. The lowest BCUT2D eigenvalue weighted by atomic mass is 9.87. The molecule has 0 saturated carbocycles. The van der Waals surface area contributed by atoms with E-state index in [1.54, 1.807) is 20.8 Å². The number of ether oxygens (including phenoxy) is 3. The van der Waals surface area contributed by atoms with Crippen molar-refractivity contribution in [3.63, 3.8) is 0 Å². The molecule has 2 aromatic carbocycles. The maximum Gasteiger partial charge on any atom is 0.410 e. The Morgan fingerprint density at radius 1 is 0.972 bits per heavy atom. The Balaban J connectivity index is 1.43. The minimum Gasteiger partial charge on any atom is -0.449 e. The van der Waals surface area contributed by atoms with Crippen molar-refractivity contribution in [2.45, 2.75) is 50.7 Å². The van der Waals surface area contributed by atoms with E-state index in [1.165, 1.54) is 4.90 Å². The summed E-state index contributed by atoms with van der Waals surface area (Å²) in [5.74, 6) is -0.766. The van der Waals surface area contributed by atoms with Gasteiger partial charge in [0.15, 0.2) is 6.07 Å². The Kier molecular flexibility index (Phi) is 7.45. The van der Waals surface area contributed by atoms with Gasteiger partial charge in [0.05, 0.1) is 0 Å². The van der Waals surface area contributed by atoms with E-state index in [2.05, 4.69) is 17.4 Å². The number of likely N-dealkylation sites (tertiary alicyclic amines) is 1. The predicted octanol–water partition coefficient (Wildman–Crippen LogP) is 5.03. The summed E-state index contributed by atoms with van der Waals surface area (Å²) in [4.78, 5) is 39.7. The number of halogens is 1. The van der Waals surface area contributed by atoms with Gasteiger partial charge in [0.1, 0.15) is 17.7 Å². The van der Waals surface area contributed by atoms with Crippen LogP contribution in [0.2, 0.25) is 0 Å². The monoisotopic (exact) mass is 514 g/mol. The van der Waals surface area contributed by atoms with E-state index in [0.717, 1.165) is 22.3 Å². The summed E-state index contributed by atoms with van der Waals surface area (Å²) in [7, 11) is 0. The highest BCUT2D eigenvalue weighted by Gasteiger charge is 2.46. The molecule has 0 spiro atoms. The summed E-state index contributed by atoms with van der Waals surface area (Å²) in [6.45, 7) is 5.89. The minimum absolute atomic E-state index is 0.108. The SMILES string of the molecule is CC(C)(C)OC(=O)N1CCC(NC(=O)OCC2c3ccccc3-c3ccccc32)(C(=O)OCCl)CC1. The Labute approximate surface area is 215 Å². The van der Waals surface area contributed by atoms with Crippen molar-refractivity contribution in [2.24, 2.45) is 0 Å². The van der Waals surface area contributed by atoms with E-state index in [1.807, 2.05) is 36.4 Å². The van der Waals surface area contributed by atoms with Crippen LogP contribution in [0.15, 0.2) is 48.5 Å². The second-order valence-corrected chi connectivity index (χ2v) is 10.3. The molecule has 0 atom stereocenters. The zero-order valence-electron chi connectivity index (χ0n) is 20.7. The number of nitrogens with one attached hydrogen (secondary N) is 1. The summed E-state index contributed by atoms with van der Waals surface area (Å²) < 4.78 is 16.1. The average molecular weight is 515 g/mol. The molecule has 1 aliphatic carbocycles. The number of nitrogens with zero attached hydrogens (tertiary/aromatic N) is 1. The Morgan fingerprint density at radius 3 is 2.06 bits per heavy atom. The molecule has 2 amide bonds. The third-order valence-corrected chi connectivity index (χ3v) is 6.64. The van der Waals surface area contributed by atoms with Crippen LogP contribution in [0.25, 0.3) is 11.1 Å². The number of esters is 1. The highest BCUT2D eigenvalue weighted by atomic mass is 35.5. The third kappa shape index (κ3) is 5.43. The standard InChI is InChI=1S/C27H31ClN2O6/c1-26(2,3)36-25(33)30-14-12-27(13-15-30,23(31)35-17-28)29-24(32)34-16-22-20-10-6-4-8-18(20)19-9-5-7-11-21(19)22/h4-11,22H,12-17H2,1-3H3,(H,29,32). The molecular formula is C27H31ClN2O6. The molecule has 0 aromatic heterocycles. The van der Waals surface area contributed by atoms with Gasteiger partial charge >= 0.3 is 18.2 Å². The summed E-state index contributed by atoms with van der Waals surface area (Å²) in [5, 5.41) is 2.72. The lowest BCUT2D eigenvalue weighted by molar-refractivity contribution is -0.151. The van der Waals surface area contributed by atoms with E-state index in [-0.39, 0.29) is 44.5 Å². The minimum atomic E-state index is -1.35. The van der Waals surface area contributed by atoms with Gasteiger partial charge in [-0.3, -0.25) is 0 Å². The van der Waals surface area contributed by atoms with Crippen molar-refractivity contribution in [3.8, 4) is 11.1 Å². The Morgan fingerprint density at radius 2 is 1.53 bits per heavy atom. The molecule has 0 bridgehead atoms. The first-order valence-electron chi connectivity index (χ1n) is 12.0. The first-order valence-corrected chi connectivity index (χ1v) is 12.5. The van der Waals surface area contributed by atoms with Crippen LogP contribution in [0, 0.1) is 0 Å². The normalized spacial score (nSPS) is 16.5. The highest BCUT2D eigenvalue weighted by molar-refractivity contribution is 6.17. The molecule has 0 unspecified atom stereocenters. The molecule has 1 fully saturated rings. The van der Waals surface area contributed by atoms with E-state index < -0.39 is 29.3 Å². The average Bonchev–Trinajstić information content (AvgIpc) is 3.16. The molecular weight excluding hydrogens is 484 g/mol. The van der Waals surface area contributed by atoms with Crippen LogP contribution in [0.4, 0.5) is 9.59 Å². The molecule has 2 aromatic rings. The summed E-state index contributed by atoms with van der Waals surface area (Å²) >= 11 is 5.64. The van der Waals surface area contributed by atoms with Crippen LogP contribution in [0.3, 0.4) is 0 Å². The van der Waals surface area contributed by atoms with Crippen LogP contribution in [-0.2, 0) is 19.0 Å². The number of benzene rings is 2. The van der Waals surface area contributed by atoms with Gasteiger partial charge in [0, 0.05) is 19.0 Å². The van der Waals surface area contributed by atoms with Gasteiger partial charge in [-0.05, 0) is 55.9 Å². The van der Waals surface area contributed by atoms with Crippen LogP contribution in [0.5, 0.6) is 0 Å². The molecule has 1 N–H and O–H groups in total. The lowest BCUT2D eigenvalue weighted by Gasteiger charge is -2.40. The fourth-order valence-electron chi connectivity index (χ4n) is 4.80. The molecule has 4 rings (SSSR count). The number of piperidine rings is 1. The van der Waals surface area contributed by atoms with Crippen LogP contribution < -0.4 is 5.32 Å². The van der Waals surface area contributed by atoms with Gasteiger partial charge < -0.3 is 24.4 Å². The number of alkyl carbamates (subject to hydrolysis) is 1. The molecule has 8 nitrogen and oxygen atoms in total. The molecule has 192 valence electrons. The molecule has 0 radical (unpaired) electrons. The number of amides is 2. The molecule has 36 heavy (non-hydrogen) atoms. The van der Waals surface area contributed by atoms with Gasteiger partial charge in [0.25, 0.3) is 0 Å². The van der Waals surface area contributed by atoms with Gasteiger partial charge in [-0.2, -0.15) is 0 Å². The van der Waals surface area contributed by atoms with Crippen molar-refractivity contribution < 1.29 is 28.6 Å². The van der Waals surface area contributed by atoms with Gasteiger partial charge in [-0.1, -0.05) is 60.1 Å². The highest BCUT2D eigenvalue weighted by Crippen LogP contribution is 2.44. The van der Waals surface area contributed by atoms with Crippen molar-refractivity contribution in [1.82, 2.24) is 10.2 Å². The number of carbonyl (C=O) groups is 3. The zero-order valence-corrected chi connectivity index (χ0v) is 21.5. The Hall–Kier alpha value is -3.26. The first-order chi connectivity index (χ1) is 17.1. The fraction of sp³-hybridized carbons (Fsp3) is 0.444. The van der Waals surface area contributed by atoms with Gasteiger partial charge in [-0.15, -0.1) is 0 Å². The zero-order chi connectivity index (χ0) is 25.9. The van der Waals surface area contributed by atoms with E-state index in [0.29, 0.717) is 0 Å². The van der Waals surface area contributed by atoms with Crippen LogP contribution in [-0.4, -0.2) is 60.0 Å².